The Morgan fingerprint density at radius 1 is 1.50 bits per heavy atom. The van der Waals surface area contributed by atoms with Crippen LogP contribution in [0.15, 0.2) is 12.3 Å². The second kappa shape index (κ2) is 6.83. The largest absolute Gasteiger partial charge is 0.320 e. The zero-order chi connectivity index (χ0) is 13.6. The molecule has 1 heterocycles. The molecule has 0 fully saturated rings. The van der Waals surface area contributed by atoms with Crippen LogP contribution in [0.1, 0.15) is 12.1 Å². The summed E-state index contributed by atoms with van der Waals surface area (Å²) in [6, 6.07) is 1.78. The van der Waals surface area contributed by atoms with E-state index < -0.39 is 10.2 Å². The molecule has 0 radical (unpaired) electrons. The van der Waals surface area contributed by atoms with Gasteiger partial charge in [-0.3, -0.25) is 4.68 Å². The molecule has 8 heteroatoms. The number of hydrogen-bond acceptors (Lipinski definition) is 4. The molecule has 7 nitrogen and oxygen atoms in total. The summed E-state index contributed by atoms with van der Waals surface area (Å²) in [5.74, 6) is 0. The molecule has 1 aromatic rings. The lowest BCUT2D eigenvalue weighted by molar-refractivity contribution is 0.447. The summed E-state index contributed by atoms with van der Waals surface area (Å²) in [4.78, 5) is 0. The van der Waals surface area contributed by atoms with Gasteiger partial charge in [-0.1, -0.05) is 0 Å². The number of hydrogen-bond donors (Lipinski definition) is 2. The molecule has 0 bridgehead atoms. The van der Waals surface area contributed by atoms with Crippen LogP contribution in [0, 0.1) is 0 Å². The quantitative estimate of drug-likeness (QED) is 0.615. The first-order valence-corrected chi connectivity index (χ1v) is 7.24. The van der Waals surface area contributed by atoms with E-state index in [1.54, 1.807) is 31.0 Å². The number of rotatable bonds is 8. The topological polar surface area (TPSA) is 79.3 Å². The van der Waals surface area contributed by atoms with E-state index in [2.05, 4.69) is 15.1 Å². The first-order chi connectivity index (χ1) is 8.45. The maximum absolute atomic E-state index is 11.9. The van der Waals surface area contributed by atoms with E-state index in [0.29, 0.717) is 12.2 Å². The summed E-state index contributed by atoms with van der Waals surface area (Å²) in [6.45, 7) is 1.48. The molecule has 0 aliphatic rings. The first-order valence-electron chi connectivity index (χ1n) is 5.80. The average molecular weight is 275 g/mol. The van der Waals surface area contributed by atoms with Crippen LogP contribution in [0.25, 0.3) is 0 Å². The molecule has 1 aromatic heterocycles. The molecular weight excluding hydrogens is 254 g/mol. The van der Waals surface area contributed by atoms with E-state index in [0.717, 1.165) is 13.0 Å². The minimum absolute atomic E-state index is 0.208. The number of nitrogens with one attached hydrogen (secondary N) is 2. The highest BCUT2D eigenvalue weighted by atomic mass is 32.2. The van der Waals surface area contributed by atoms with Crippen LogP contribution in [-0.2, 0) is 23.8 Å². The SMILES string of the molecule is CNCCCN(C)S(=O)(=O)NCc1ccn(C)n1. The Morgan fingerprint density at radius 2 is 2.22 bits per heavy atom. The van der Waals surface area contributed by atoms with Crippen molar-refractivity contribution >= 4 is 10.2 Å². The molecule has 0 aromatic carbocycles. The molecule has 0 aliphatic carbocycles. The Hall–Kier alpha value is -0.960. The van der Waals surface area contributed by atoms with Crippen molar-refractivity contribution in [3.05, 3.63) is 18.0 Å². The van der Waals surface area contributed by atoms with Crippen molar-refractivity contribution in [2.45, 2.75) is 13.0 Å². The van der Waals surface area contributed by atoms with Gasteiger partial charge < -0.3 is 5.32 Å². The predicted molar refractivity (Wildman–Crippen MR) is 70.1 cm³/mol. The fourth-order valence-corrected chi connectivity index (χ4v) is 2.35. The minimum atomic E-state index is -3.42. The zero-order valence-corrected chi connectivity index (χ0v) is 11.9. The van der Waals surface area contributed by atoms with Gasteiger partial charge in [0.1, 0.15) is 0 Å². The average Bonchev–Trinajstić information content (AvgIpc) is 2.73. The monoisotopic (exact) mass is 275 g/mol. The van der Waals surface area contributed by atoms with Gasteiger partial charge >= 0.3 is 0 Å². The molecule has 18 heavy (non-hydrogen) atoms. The van der Waals surface area contributed by atoms with Gasteiger partial charge in [0.2, 0.25) is 0 Å². The van der Waals surface area contributed by atoms with Gasteiger partial charge in [0.15, 0.2) is 0 Å². The van der Waals surface area contributed by atoms with Crippen molar-refractivity contribution in [3.8, 4) is 0 Å². The van der Waals surface area contributed by atoms with Gasteiger partial charge in [-0.05, 0) is 26.1 Å². The minimum Gasteiger partial charge on any atom is -0.320 e. The Kier molecular flexibility index (Phi) is 5.73. The Morgan fingerprint density at radius 3 is 2.78 bits per heavy atom. The summed E-state index contributed by atoms with van der Waals surface area (Å²) < 4.78 is 29.2. The Balaban J connectivity index is 2.43. The van der Waals surface area contributed by atoms with E-state index in [9.17, 15) is 8.42 Å². The van der Waals surface area contributed by atoms with Crippen LogP contribution in [0.4, 0.5) is 0 Å². The maximum Gasteiger partial charge on any atom is 0.279 e. The molecule has 0 amide bonds. The summed E-state index contributed by atoms with van der Waals surface area (Å²) in [5.41, 5.74) is 0.699. The van der Waals surface area contributed by atoms with Gasteiger partial charge in [-0.15, -0.1) is 0 Å². The Bertz CT molecular complexity index is 457. The molecule has 104 valence electrons. The van der Waals surface area contributed by atoms with Crippen LogP contribution in [0.2, 0.25) is 0 Å². The lowest BCUT2D eigenvalue weighted by Crippen LogP contribution is -2.39. The predicted octanol–water partition coefficient (Wildman–Crippen LogP) is -0.704. The van der Waals surface area contributed by atoms with E-state index in [1.807, 2.05) is 7.05 Å². The van der Waals surface area contributed by atoms with E-state index in [-0.39, 0.29) is 6.54 Å². The van der Waals surface area contributed by atoms with Crippen molar-refractivity contribution in [1.29, 1.82) is 0 Å². The van der Waals surface area contributed by atoms with Crippen LogP contribution < -0.4 is 10.0 Å². The smallest absolute Gasteiger partial charge is 0.279 e. The van der Waals surface area contributed by atoms with Gasteiger partial charge in [0.25, 0.3) is 10.2 Å². The van der Waals surface area contributed by atoms with Gasteiger partial charge in [-0.2, -0.15) is 22.5 Å². The van der Waals surface area contributed by atoms with Crippen molar-refractivity contribution in [1.82, 2.24) is 24.1 Å². The lowest BCUT2D eigenvalue weighted by Gasteiger charge is -2.17. The number of aryl methyl sites for hydroxylation is 1. The van der Waals surface area contributed by atoms with E-state index in [4.69, 9.17) is 0 Å². The molecule has 0 saturated heterocycles. The second-order valence-electron chi connectivity index (χ2n) is 4.09. The third-order valence-electron chi connectivity index (χ3n) is 2.51. The molecule has 0 aliphatic heterocycles. The Labute approximate surface area is 108 Å². The second-order valence-corrected chi connectivity index (χ2v) is 5.95. The molecule has 0 unspecified atom stereocenters. The standard InChI is InChI=1S/C10H21N5O2S/c1-11-6-4-7-15(3)18(16,17)12-9-10-5-8-14(2)13-10/h5,8,11-12H,4,6-7,9H2,1-3H3. The first kappa shape index (κ1) is 15.1. The molecule has 1 rings (SSSR count). The highest BCUT2D eigenvalue weighted by Gasteiger charge is 2.16. The third kappa shape index (κ3) is 4.73. The van der Waals surface area contributed by atoms with Gasteiger partial charge in [0.05, 0.1) is 12.2 Å². The molecular formula is C10H21N5O2S. The van der Waals surface area contributed by atoms with Crippen LogP contribution in [-0.4, -0.2) is 49.7 Å². The normalized spacial score (nSPS) is 12.2. The molecule has 0 saturated carbocycles. The highest BCUT2D eigenvalue weighted by molar-refractivity contribution is 7.87. The van der Waals surface area contributed by atoms with Crippen molar-refractivity contribution < 1.29 is 8.42 Å². The molecule has 0 atom stereocenters. The lowest BCUT2D eigenvalue weighted by atomic mass is 10.4. The molecule has 2 N–H and O–H groups in total. The van der Waals surface area contributed by atoms with Crippen LogP contribution in [0.5, 0.6) is 0 Å². The van der Waals surface area contributed by atoms with Crippen molar-refractivity contribution in [2.75, 3.05) is 27.2 Å². The molecule has 0 spiro atoms. The summed E-state index contributed by atoms with van der Waals surface area (Å²) in [5, 5.41) is 7.09. The van der Waals surface area contributed by atoms with Gasteiger partial charge in [0, 0.05) is 26.8 Å². The van der Waals surface area contributed by atoms with Gasteiger partial charge in [-0.25, -0.2) is 0 Å². The van der Waals surface area contributed by atoms with Crippen molar-refractivity contribution in [3.63, 3.8) is 0 Å². The number of aromatic nitrogens is 2. The highest BCUT2D eigenvalue weighted by Crippen LogP contribution is 1.99. The summed E-state index contributed by atoms with van der Waals surface area (Å²) in [7, 11) is 1.78. The van der Waals surface area contributed by atoms with E-state index >= 15 is 0 Å². The zero-order valence-electron chi connectivity index (χ0n) is 11.0. The van der Waals surface area contributed by atoms with Crippen LogP contribution in [0.3, 0.4) is 0 Å². The van der Waals surface area contributed by atoms with E-state index in [1.165, 1.54) is 4.31 Å². The maximum atomic E-state index is 11.9. The van der Waals surface area contributed by atoms with Crippen molar-refractivity contribution in [2.24, 2.45) is 7.05 Å². The van der Waals surface area contributed by atoms with Crippen LogP contribution >= 0.6 is 0 Å². The fraction of sp³-hybridized carbons (Fsp3) is 0.700. The number of nitrogens with zero attached hydrogens (tertiary/aromatic N) is 3. The third-order valence-corrected chi connectivity index (χ3v) is 4.03. The summed E-state index contributed by atoms with van der Waals surface area (Å²) >= 11 is 0. The fourth-order valence-electron chi connectivity index (χ4n) is 1.43. The summed E-state index contributed by atoms with van der Waals surface area (Å²) in [6.07, 6.45) is 2.55.